The van der Waals surface area contributed by atoms with Gasteiger partial charge < -0.3 is 9.64 Å². The second-order valence-corrected chi connectivity index (χ2v) is 8.38. The fourth-order valence-corrected chi connectivity index (χ4v) is 4.71. The summed E-state index contributed by atoms with van der Waals surface area (Å²) in [5.41, 5.74) is 0.648. The predicted octanol–water partition coefficient (Wildman–Crippen LogP) is 2.91. The van der Waals surface area contributed by atoms with Gasteiger partial charge in [0.05, 0.1) is 17.9 Å². The molecule has 0 spiro atoms. The number of nitrogens with zero attached hydrogens (tertiary/aromatic N) is 3. The molecule has 1 aromatic carbocycles. The number of rotatable bonds is 5. The van der Waals surface area contributed by atoms with Crippen LogP contribution in [0.25, 0.3) is 0 Å². The van der Waals surface area contributed by atoms with Gasteiger partial charge in [-0.3, -0.25) is 4.31 Å². The minimum absolute atomic E-state index is 0.123. The first-order valence-corrected chi connectivity index (χ1v) is 10.3. The molecule has 0 radical (unpaired) electrons. The van der Waals surface area contributed by atoms with Crippen LogP contribution in [-0.2, 0) is 14.8 Å². The summed E-state index contributed by atoms with van der Waals surface area (Å²) in [5, 5.41) is 0. The molecule has 1 aliphatic rings. The molecule has 26 heavy (non-hydrogen) atoms. The van der Waals surface area contributed by atoms with Crippen LogP contribution in [0, 0.1) is 0 Å². The lowest BCUT2D eigenvalue weighted by molar-refractivity contribution is -0.00546. The van der Waals surface area contributed by atoms with Crippen LogP contribution in [0.2, 0.25) is 0 Å². The summed E-state index contributed by atoms with van der Waals surface area (Å²) in [7, 11) is -3.65. The minimum Gasteiger partial charge on any atom is -0.372 e. The van der Waals surface area contributed by atoms with Crippen molar-refractivity contribution in [1.29, 1.82) is 0 Å². The van der Waals surface area contributed by atoms with Gasteiger partial charge in [0.15, 0.2) is 0 Å². The Morgan fingerprint density at radius 3 is 2.31 bits per heavy atom. The third-order valence-corrected chi connectivity index (χ3v) is 6.27. The summed E-state index contributed by atoms with van der Waals surface area (Å²) in [6.45, 7) is 7.72. The van der Waals surface area contributed by atoms with E-state index in [0.717, 1.165) is 18.9 Å². The highest BCUT2D eigenvalue weighted by Gasteiger charge is 2.26. The molecule has 1 fully saturated rings. The maximum atomic E-state index is 13.0. The van der Waals surface area contributed by atoms with Crippen molar-refractivity contribution in [3.8, 4) is 0 Å². The first-order chi connectivity index (χ1) is 12.4. The number of benzene rings is 1. The summed E-state index contributed by atoms with van der Waals surface area (Å²) >= 11 is 0. The first-order valence-electron chi connectivity index (χ1n) is 8.86. The smallest absolute Gasteiger partial charge is 0.265 e. The van der Waals surface area contributed by atoms with E-state index in [4.69, 9.17) is 4.74 Å². The van der Waals surface area contributed by atoms with Crippen molar-refractivity contribution < 1.29 is 13.2 Å². The van der Waals surface area contributed by atoms with Gasteiger partial charge in [-0.25, -0.2) is 13.4 Å². The highest BCUT2D eigenvalue weighted by Crippen LogP contribution is 2.25. The van der Waals surface area contributed by atoms with E-state index in [2.05, 4.69) is 9.88 Å². The number of sulfonamides is 1. The van der Waals surface area contributed by atoms with Crippen molar-refractivity contribution in [3.05, 3.63) is 48.7 Å². The Labute approximate surface area is 155 Å². The second kappa shape index (κ2) is 7.63. The Morgan fingerprint density at radius 2 is 1.77 bits per heavy atom. The molecule has 2 aromatic rings. The standard InChI is InChI=1S/C19H25N3O3S/c1-4-22(17-8-6-5-7-9-17)26(23,24)18-10-11-19(20-12-18)21-13-15(2)25-16(3)14-21/h5-12,15-16H,4,13-14H2,1-3H3. The van der Waals surface area contributed by atoms with Crippen molar-refractivity contribution >= 4 is 21.5 Å². The number of anilines is 2. The topological polar surface area (TPSA) is 62.7 Å². The molecule has 2 heterocycles. The van der Waals surface area contributed by atoms with Crippen LogP contribution in [-0.4, -0.2) is 45.2 Å². The SMILES string of the molecule is CCN(c1ccccc1)S(=O)(=O)c1ccc(N2CC(C)OC(C)C2)nc1. The minimum atomic E-state index is -3.65. The average molecular weight is 375 g/mol. The largest absolute Gasteiger partial charge is 0.372 e. The van der Waals surface area contributed by atoms with E-state index in [1.54, 1.807) is 24.3 Å². The second-order valence-electron chi connectivity index (χ2n) is 6.52. The lowest BCUT2D eigenvalue weighted by Gasteiger charge is -2.36. The van der Waals surface area contributed by atoms with Gasteiger partial charge in [0, 0.05) is 25.8 Å². The van der Waals surface area contributed by atoms with Crippen molar-refractivity contribution in [2.75, 3.05) is 28.8 Å². The van der Waals surface area contributed by atoms with Gasteiger partial charge >= 0.3 is 0 Å². The average Bonchev–Trinajstić information content (AvgIpc) is 2.62. The first kappa shape index (κ1) is 18.7. The molecule has 2 unspecified atom stereocenters. The van der Waals surface area contributed by atoms with Gasteiger partial charge in [-0.2, -0.15) is 0 Å². The number of hydrogen-bond donors (Lipinski definition) is 0. The summed E-state index contributed by atoms with van der Waals surface area (Å²) in [5.74, 6) is 0.772. The van der Waals surface area contributed by atoms with Gasteiger partial charge in [0.2, 0.25) is 0 Å². The van der Waals surface area contributed by atoms with Crippen LogP contribution in [0.4, 0.5) is 11.5 Å². The molecule has 0 bridgehead atoms. The van der Waals surface area contributed by atoms with E-state index in [0.29, 0.717) is 12.2 Å². The molecule has 6 nitrogen and oxygen atoms in total. The fourth-order valence-electron chi connectivity index (χ4n) is 3.29. The van der Waals surface area contributed by atoms with Crippen molar-refractivity contribution in [2.45, 2.75) is 37.9 Å². The number of pyridine rings is 1. The van der Waals surface area contributed by atoms with Crippen LogP contribution in [0.5, 0.6) is 0 Å². The highest BCUT2D eigenvalue weighted by atomic mass is 32.2. The van der Waals surface area contributed by atoms with E-state index in [-0.39, 0.29) is 17.1 Å². The Balaban J connectivity index is 1.85. The third-order valence-electron chi connectivity index (χ3n) is 4.38. The Morgan fingerprint density at radius 1 is 1.12 bits per heavy atom. The summed E-state index contributed by atoms with van der Waals surface area (Å²) in [6.07, 6.45) is 1.69. The summed E-state index contributed by atoms with van der Waals surface area (Å²) in [6, 6.07) is 12.5. The summed E-state index contributed by atoms with van der Waals surface area (Å²) in [4.78, 5) is 6.74. The quantitative estimate of drug-likeness (QED) is 0.804. The zero-order valence-corrected chi connectivity index (χ0v) is 16.2. The molecule has 0 amide bonds. The van der Waals surface area contributed by atoms with E-state index in [1.165, 1.54) is 10.5 Å². The maximum Gasteiger partial charge on any atom is 0.265 e. The molecular weight excluding hydrogens is 350 g/mol. The van der Waals surface area contributed by atoms with Gasteiger partial charge in [-0.05, 0) is 45.0 Å². The van der Waals surface area contributed by atoms with Gasteiger partial charge in [0.1, 0.15) is 10.7 Å². The monoisotopic (exact) mass is 375 g/mol. The van der Waals surface area contributed by atoms with Crippen LogP contribution >= 0.6 is 0 Å². The number of hydrogen-bond acceptors (Lipinski definition) is 5. The zero-order chi connectivity index (χ0) is 18.7. The van der Waals surface area contributed by atoms with Gasteiger partial charge in [-0.15, -0.1) is 0 Å². The molecule has 2 atom stereocenters. The van der Waals surface area contributed by atoms with E-state index in [9.17, 15) is 8.42 Å². The lowest BCUT2D eigenvalue weighted by atomic mass is 10.2. The number of ether oxygens (including phenoxy) is 1. The van der Waals surface area contributed by atoms with Crippen molar-refractivity contribution in [1.82, 2.24) is 4.98 Å². The zero-order valence-electron chi connectivity index (χ0n) is 15.4. The maximum absolute atomic E-state index is 13.0. The number of morpholine rings is 1. The van der Waals surface area contributed by atoms with Gasteiger partial charge in [-0.1, -0.05) is 18.2 Å². The molecule has 0 aliphatic carbocycles. The van der Waals surface area contributed by atoms with Crippen LogP contribution in [0.1, 0.15) is 20.8 Å². The lowest BCUT2D eigenvalue weighted by Crippen LogP contribution is -2.45. The van der Waals surface area contributed by atoms with Crippen LogP contribution in [0.3, 0.4) is 0 Å². The third kappa shape index (κ3) is 3.83. The van der Waals surface area contributed by atoms with Gasteiger partial charge in [0.25, 0.3) is 10.0 Å². The Bertz CT molecular complexity index is 815. The molecule has 0 saturated carbocycles. The Kier molecular flexibility index (Phi) is 5.48. The van der Waals surface area contributed by atoms with Crippen LogP contribution < -0.4 is 9.21 Å². The van der Waals surface area contributed by atoms with E-state index >= 15 is 0 Å². The fraction of sp³-hybridized carbons (Fsp3) is 0.421. The highest BCUT2D eigenvalue weighted by molar-refractivity contribution is 7.92. The molecule has 7 heteroatoms. The number of aromatic nitrogens is 1. The molecule has 1 aromatic heterocycles. The van der Waals surface area contributed by atoms with Crippen molar-refractivity contribution in [3.63, 3.8) is 0 Å². The molecule has 3 rings (SSSR count). The Hall–Kier alpha value is -2.12. The molecule has 0 N–H and O–H groups in total. The normalized spacial score (nSPS) is 20.8. The molecule has 1 saturated heterocycles. The predicted molar refractivity (Wildman–Crippen MR) is 103 cm³/mol. The van der Waals surface area contributed by atoms with E-state index in [1.807, 2.05) is 39.0 Å². The molecule has 140 valence electrons. The number of para-hydroxylation sites is 1. The van der Waals surface area contributed by atoms with Crippen molar-refractivity contribution in [2.24, 2.45) is 0 Å². The van der Waals surface area contributed by atoms with Crippen LogP contribution in [0.15, 0.2) is 53.6 Å². The molecule has 1 aliphatic heterocycles. The summed E-state index contributed by atoms with van der Waals surface area (Å²) < 4.78 is 33.1. The van der Waals surface area contributed by atoms with E-state index < -0.39 is 10.0 Å². The molecular formula is C19H25N3O3S.